The molecule has 1 amide bonds. The van der Waals surface area contributed by atoms with Crippen LogP contribution in [0, 0.1) is 19.8 Å². The first kappa shape index (κ1) is 15.3. The molecule has 0 unspecified atom stereocenters. The first-order valence-electron chi connectivity index (χ1n) is 7.18. The lowest BCUT2D eigenvalue weighted by atomic mass is 9.91. The molecule has 1 saturated carbocycles. The van der Waals surface area contributed by atoms with E-state index in [2.05, 4.69) is 42.7 Å². The van der Waals surface area contributed by atoms with Gasteiger partial charge < -0.3 is 10.6 Å². The third kappa shape index (κ3) is 2.84. The van der Waals surface area contributed by atoms with Gasteiger partial charge in [0.2, 0.25) is 5.91 Å². The molecule has 2 N–H and O–H groups in total. The molecule has 0 bridgehead atoms. The van der Waals surface area contributed by atoms with Gasteiger partial charge in [-0.25, -0.2) is 0 Å². The van der Waals surface area contributed by atoms with Crippen LogP contribution in [0.1, 0.15) is 29.5 Å². The fourth-order valence-corrected chi connectivity index (χ4v) is 2.92. The molecule has 0 radical (unpaired) electrons. The zero-order chi connectivity index (χ0) is 13.5. The van der Waals surface area contributed by atoms with Gasteiger partial charge in [-0.2, -0.15) is 0 Å². The molecular weight excluding hydrogens is 272 g/mol. The van der Waals surface area contributed by atoms with Crippen LogP contribution in [0.15, 0.2) is 18.2 Å². The van der Waals surface area contributed by atoms with Crippen LogP contribution in [-0.2, 0) is 10.2 Å². The molecule has 2 aliphatic rings. The summed E-state index contributed by atoms with van der Waals surface area (Å²) in [6.07, 6.45) is 1.98. The average molecular weight is 295 g/mol. The summed E-state index contributed by atoms with van der Waals surface area (Å²) in [6.45, 7) is 7.10. The number of amides is 1. The van der Waals surface area contributed by atoms with E-state index in [1.807, 2.05) is 0 Å². The van der Waals surface area contributed by atoms with Crippen molar-refractivity contribution in [3.05, 3.63) is 34.9 Å². The highest BCUT2D eigenvalue weighted by Gasteiger charge is 2.51. The Bertz CT molecular complexity index is 487. The van der Waals surface area contributed by atoms with Crippen LogP contribution in [0.5, 0.6) is 0 Å². The number of rotatable bonds is 4. The summed E-state index contributed by atoms with van der Waals surface area (Å²) in [4.78, 5) is 12.5. The minimum absolute atomic E-state index is 0. The summed E-state index contributed by atoms with van der Waals surface area (Å²) in [7, 11) is 0. The Balaban J connectivity index is 0.00000147. The molecule has 1 aliphatic heterocycles. The van der Waals surface area contributed by atoms with Gasteiger partial charge >= 0.3 is 0 Å². The van der Waals surface area contributed by atoms with Gasteiger partial charge in [-0.05, 0) is 32.3 Å². The monoisotopic (exact) mass is 294 g/mol. The van der Waals surface area contributed by atoms with Crippen LogP contribution in [0.4, 0.5) is 0 Å². The lowest BCUT2D eigenvalue weighted by molar-refractivity contribution is -0.123. The van der Waals surface area contributed by atoms with Gasteiger partial charge in [0.25, 0.3) is 0 Å². The van der Waals surface area contributed by atoms with Gasteiger partial charge in [0.1, 0.15) is 0 Å². The van der Waals surface area contributed by atoms with E-state index < -0.39 is 0 Å². The maximum absolute atomic E-state index is 12.5. The minimum atomic E-state index is -0.228. The van der Waals surface area contributed by atoms with E-state index in [-0.39, 0.29) is 23.7 Å². The molecule has 110 valence electrons. The van der Waals surface area contributed by atoms with Crippen LogP contribution < -0.4 is 10.6 Å². The van der Waals surface area contributed by atoms with Crippen molar-refractivity contribution in [2.24, 2.45) is 5.92 Å². The van der Waals surface area contributed by atoms with Crippen molar-refractivity contribution in [1.82, 2.24) is 10.6 Å². The van der Waals surface area contributed by atoms with E-state index in [0.717, 1.165) is 32.5 Å². The first-order chi connectivity index (χ1) is 9.10. The van der Waals surface area contributed by atoms with Gasteiger partial charge in [-0.3, -0.25) is 4.79 Å². The summed E-state index contributed by atoms with van der Waals surface area (Å²) in [5.74, 6) is 0.850. The number of hydrogen-bond donors (Lipinski definition) is 2. The van der Waals surface area contributed by atoms with E-state index in [1.165, 1.54) is 16.7 Å². The summed E-state index contributed by atoms with van der Waals surface area (Å²) in [6, 6.07) is 6.51. The number of nitrogens with one attached hydrogen (secondary N) is 2. The second-order valence-electron chi connectivity index (χ2n) is 6.19. The highest BCUT2D eigenvalue weighted by Crippen LogP contribution is 2.48. The largest absolute Gasteiger partial charge is 0.355 e. The number of benzene rings is 1. The lowest BCUT2D eigenvalue weighted by Gasteiger charge is -2.28. The van der Waals surface area contributed by atoms with Gasteiger partial charge in [-0.15, -0.1) is 12.4 Å². The molecule has 0 atom stereocenters. The summed E-state index contributed by atoms with van der Waals surface area (Å²) in [5.41, 5.74) is 3.47. The predicted octanol–water partition coefficient (Wildman–Crippen LogP) is 2.09. The number of carbonyl (C=O) groups excluding carboxylic acids is 1. The Kier molecular flexibility index (Phi) is 4.40. The molecule has 20 heavy (non-hydrogen) atoms. The van der Waals surface area contributed by atoms with Crippen molar-refractivity contribution >= 4 is 18.3 Å². The van der Waals surface area contributed by atoms with Crippen LogP contribution in [0.3, 0.4) is 0 Å². The number of aryl methyl sites for hydroxylation is 2. The Hall–Kier alpha value is -1.06. The fraction of sp³-hybridized carbons (Fsp3) is 0.562. The maximum Gasteiger partial charge on any atom is 0.230 e. The number of hydrogen-bond acceptors (Lipinski definition) is 2. The molecule has 3 rings (SSSR count). The molecule has 1 aromatic carbocycles. The minimum Gasteiger partial charge on any atom is -0.355 e. The standard InChI is InChI=1S/C16H22N2O.ClH/c1-11-5-12(2)7-14(6-11)16(3-4-16)15(19)18-10-13-8-17-9-13;/h5-7,13,17H,3-4,8-10H2,1-2H3,(H,18,19);1H. The molecular formula is C16H23ClN2O. The Morgan fingerprint density at radius 1 is 1.25 bits per heavy atom. The Labute approximate surface area is 126 Å². The molecule has 0 spiro atoms. The molecule has 1 heterocycles. The predicted molar refractivity (Wildman–Crippen MR) is 83.4 cm³/mol. The molecule has 1 aromatic rings. The van der Waals surface area contributed by atoms with Crippen molar-refractivity contribution in [2.45, 2.75) is 32.1 Å². The van der Waals surface area contributed by atoms with Gasteiger partial charge in [-0.1, -0.05) is 29.3 Å². The summed E-state index contributed by atoms with van der Waals surface area (Å²) >= 11 is 0. The van der Waals surface area contributed by atoms with Crippen molar-refractivity contribution < 1.29 is 4.79 Å². The van der Waals surface area contributed by atoms with Crippen LogP contribution in [-0.4, -0.2) is 25.5 Å². The van der Waals surface area contributed by atoms with Gasteiger partial charge in [0, 0.05) is 25.6 Å². The third-order valence-corrected chi connectivity index (χ3v) is 4.38. The first-order valence-corrected chi connectivity index (χ1v) is 7.18. The normalized spacial score (nSPS) is 19.7. The third-order valence-electron chi connectivity index (χ3n) is 4.38. The van der Waals surface area contributed by atoms with Crippen LogP contribution in [0.25, 0.3) is 0 Å². The highest BCUT2D eigenvalue weighted by molar-refractivity contribution is 5.91. The van der Waals surface area contributed by atoms with E-state index in [4.69, 9.17) is 0 Å². The zero-order valence-corrected chi connectivity index (χ0v) is 13.0. The Morgan fingerprint density at radius 2 is 1.85 bits per heavy atom. The molecule has 1 aliphatic carbocycles. The van der Waals surface area contributed by atoms with E-state index in [0.29, 0.717) is 5.92 Å². The van der Waals surface area contributed by atoms with E-state index in [9.17, 15) is 4.79 Å². The smallest absolute Gasteiger partial charge is 0.230 e. The fourth-order valence-electron chi connectivity index (χ4n) is 2.92. The van der Waals surface area contributed by atoms with Crippen molar-refractivity contribution in [3.8, 4) is 0 Å². The molecule has 1 saturated heterocycles. The second kappa shape index (κ2) is 5.74. The SMILES string of the molecule is Cc1cc(C)cc(C2(C(=O)NCC3CNC3)CC2)c1.Cl. The molecule has 0 aromatic heterocycles. The molecule has 3 nitrogen and oxygen atoms in total. The van der Waals surface area contributed by atoms with Gasteiger partial charge in [0.15, 0.2) is 0 Å². The lowest BCUT2D eigenvalue weighted by Crippen LogP contribution is -2.49. The molecule has 2 fully saturated rings. The zero-order valence-electron chi connectivity index (χ0n) is 12.2. The quantitative estimate of drug-likeness (QED) is 0.893. The Morgan fingerprint density at radius 3 is 2.30 bits per heavy atom. The van der Waals surface area contributed by atoms with E-state index in [1.54, 1.807) is 0 Å². The van der Waals surface area contributed by atoms with Gasteiger partial charge in [0.05, 0.1) is 5.41 Å². The van der Waals surface area contributed by atoms with Crippen molar-refractivity contribution in [2.75, 3.05) is 19.6 Å². The van der Waals surface area contributed by atoms with E-state index >= 15 is 0 Å². The summed E-state index contributed by atoms with van der Waals surface area (Å²) in [5, 5.41) is 6.38. The highest BCUT2D eigenvalue weighted by atomic mass is 35.5. The van der Waals surface area contributed by atoms with Crippen LogP contribution >= 0.6 is 12.4 Å². The van der Waals surface area contributed by atoms with Crippen molar-refractivity contribution in [1.29, 1.82) is 0 Å². The topological polar surface area (TPSA) is 41.1 Å². The van der Waals surface area contributed by atoms with Crippen molar-refractivity contribution in [3.63, 3.8) is 0 Å². The summed E-state index contributed by atoms with van der Waals surface area (Å²) < 4.78 is 0. The number of halogens is 1. The number of carbonyl (C=O) groups is 1. The maximum atomic E-state index is 12.5. The second-order valence-corrected chi connectivity index (χ2v) is 6.19. The molecule has 4 heteroatoms. The average Bonchev–Trinajstić information content (AvgIpc) is 3.06. The van der Waals surface area contributed by atoms with Crippen LogP contribution in [0.2, 0.25) is 0 Å².